The Morgan fingerprint density at radius 1 is 0.900 bits per heavy atom. The number of thiol groups is 1. The first-order valence-corrected chi connectivity index (χ1v) is 9.80. The van der Waals surface area contributed by atoms with Crippen LogP contribution in [0.5, 0.6) is 0 Å². The van der Waals surface area contributed by atoms with Crippen LogP contribution in [0.2, 0.25) is 6.04 Å². The van der Waals surface area contributed by atoms with Gasteiger partial charge in [-0.25, -0.2) is 0 Å². The molecule has 0 heterocycles. The molecule has 0 radical (unpaired) electrons. The third-order valence-electron chi connectivity index (χ3n) is 2.37. The van der Waals surface area contributed by atoms with Crippen molar-refractivity contribution in [3.63, 3.8) is 0 Å². The van der Waals surface area contributed by atoms with E-state index in [-0.39, 0.29) is 23.4 Å². The topological polar surface area (TPSA) is 44.8 Å². The molecule has 0 aromatic rings. The summed E-state index contributed by atoms with van der Waals surface area (Å²) in [4.78, 5) is 10.9. The van der Waals surface area contributed by atoms with Crippen molar-refractivity contribution in [2.75, 3.05) is 0 Å². The van der Waals surface area contributed by atoms with Gasteiger partial charge in [-0.05, 0) is 54.4 Å². The van der Waals surface area contributed by atoms with E-state index < -0.39 is 8.80 Å². The van der Waals surface area contributed by atoms with Crippen molar-refractivity contribution in [3.05, 3.63) is 0 Å². The molecule has 0 aliphatic rings. The zero-order valence-electron chi connectivity index (χ0n) is 13.6. The third kappa shape index (κ3) is 9.93. The summed E-state index contributed by atoms with van der Waals surface area (Å²) in [6.07, 6.45) is 2.31. The van der Waals surface area contributed by atoms with Gasteiger partial charge in [-0.3, -0.25) is 4.79 Å². The Morgan fingerprint density at radius 3 is 1.60 bits per heavy atom. The Morgan fingerprint density at radius 2 is 1.30 bits per heavy atom. The predicted molar refractivity (Wildman–Crippen MR) is 87.1 cm³/mol. The highest BCUT2D eigenvalue weighted by Gasteiger charge is 2.43. The molecule has 0 rings (SSSR count). The summed E-state index contributed by atoms with van der Waals surface area (Å²) in [5.41, 5.74) is 0. The van der Waals surface area contributed by atoms with Gasteiger partial charge in [0.05, 0.1) is 0 Å². The summed E-state index contributed by atoms with van der Waals surface area (Å²) in [5.74, 6) is 0. The maximum absolute atomic E-state index is 10.9. The van der Waals surface area contributed by atoms with Crippen LogP contribution in [-0.2, 0) is 18.1 Å². The van der Waals surface area contributed by atoms with Crippen LogP contribution in [0.15, 0.2) is 0 Å². The van der Waals surface area contributed by atoms with Gasteiger partial charge < -0.3 is 13.3 Å². The molecule has 0 N–H and O–H groups in total. The van der Waals surface area contributed by atoms with Crippen molar-refractivity contribution in [1.82, 2.24) is 0 Å². The molecule has 6 heteroatoms. The van der Waals surface area contributed by atoms with E-state index in [2.05, 4.69) is 12.6 Å². The molecule has 20 heavy (non-hydrogen) atoms. The quantitative estimate of drug-likeness (QED) is 0.357. The molecule has 0 atom stereocenters. The van der Waals surface area contributed by atoms with Crippen LogP contribution in [0.25, 0.3) is 0 Å². The standard InChI is InChI=1S/C14H30O4SSi/c1-11(2)16-20(17-12(3)4,18-13(5)6)10-8-7-9-14(15)19/h11-13H,7-10H2,1-6H3,(H,15,19). The lowest BCUT2D eigenvalue weighted by atomic mass is 10.3. The second-order valence-corrected chi connectivity index (χ2v) is 8.86. The van der Waals surface area contributed by atoms with Crippen LogP contribution in [0.3, 0.4) is 0 Å². The Kier molecular flexibility index (Phi) is 10.0. The van der Waals surface area contributed by atoms with E-state index in [0.29, 0.717) is 6.42 Å². The lowest BCUT2D eigenvalue weighted by molar-refractivity contribution is -0.110. The van der Waals surface area contributed by atoms with Crippen molar-refractivity contribution in [3.8, 4) is 0 Å². The largest absolute Gasteiger partial charge is 0.501 e. The smallest absolute Gasteiger partial charge is 0.371 e. The van der Waals surface area contributed by atoms with Crippen molar-refractivity contribution >= 4 is 26.5 Å². The Balaban J connectivity index is 4.72. The SMILES string of the molecule is CC(C)O[Si](CCCCC(=O)S)(OC(C)C)OC(C)C. The molecule has 0 saturated heterocycles. The monoisotopic (exact) mass is 322 g/mol. The number of hydrogen-bond donors (Lipinski definition) is 1. The third-order valence-corrected chi connectivity index (χ3v) is 6.05. The first kappa shape index (κ1) is 20.1. The van der Waals surface area contributed by atoms with E-state index in [9.17, 15) is 4.79 Å². The van der Waals surface area contributed by atoms with Crippen molar-refractivity contribution in [2.45, 2.75) is 85.2 Å². The maximum atomic E-state index is 10.9. The normalized spacial score (nSPS) is 12.7. The average Bonchev–Trinajstić information content (AvgIpc) is 2.20. The van der Waals surface area contributed by atoms with Gasteiger partial charge in [-0.15, -0.1) is 12.6 Å². The minimum absolute atomic E-state index is 0.0608. The second-order valence-electron chi connectivity index (χ2n) is 5.78. The lowest BCUT2D eigenvalue weighted by Gasteiger charge is -2.34. The molecule has 0 fully saturated rings. The Labute approximate surface area is 130 Å². The molecule has 0 amide bonds. The van der Waals surface area contributed by atoms with Crippen LogP contribution in [0.4, 0.5) is 0 Å². The Hall–Kier alpha value is 0.117. The van der Waals surface area contributed by atoms with Crippen LogP contribution in [0.1, 0.15) is 60.8 Å². The van der Waals surface area contributed by atoms with Gasteiger partial charge in [0.2, 0.25) is 0 Å². The molecule has 120 valence electrons. The molecule has 0 unspecified atom stereocenters. The first-order chi connectivity index (χ1) is 9.17. The Bertz CT molecular complexity index is 256. The van der Waals surface area contributed by atoms with E-state index in [4.69, 9.17) is 13.3 Å². The number of unbranched alkanes of at least 4 members (excludes halogenated alkanes) is 1. The van der Waals surface area contributed by atoms with Crippen LogP contribution >= 0.6 is 12.6 Å². The van der Waals surface area contributed by atoms with Crippen molar-refractivity contribution < 1.29 is 18.1 Å². The highest BCUT2D eigenvalue weighted by molar-refractivity contribution is 7.96. The van der Waals surface area contributed by atoms with Gasteiger partial charge in [0.25, 0.3) is 0 Å². The summed E-state index contributed by atoms with van der Waals surface area (Å²) < 4.78 is 18.2. The van der Waals surface area contributed by atoms with Crippen molar-refractivity contribution in [2.24, 2.45) is 0 Å². The summed E-state index contributed by atoms with van der Waals surface area (Å²) in [6, 6.07) is 0.739. The molecule has 0 aliphatic heterocycles. The molecule has 4 nitrogen and oxygen atoms in total. The minimum atomic E-state index is -2.69. The van der Waals surface area contributed by atoms with Gasteiger partial charge >= 0.3 is 8.80 Å². The van der Waals surface area contributed by atoms with E-state index in [0.717, 1.165) is 18.9 Å². The summed E-state index contributed by atoms with van der Waals surface area (Å²) >= 11 is 3.79. The second kappa shape index (κ2) is 9.95. The van der Waals surface area contributed by atoms with Crippen molar-refractivity contribution in [1.29, 1.82) is 0 Å². The summed E-state index contributed by atoms with van der Waals surface area (Å²) in [6.45, 7) is 12.0. The number of hydrogen-bond acceptors (Lipinski definition) is 4. The summed E-state index contributed by atoms with van der Waals surface area (Å²) in [5, 5.41) is -0.0726. The fourth-order valence-corrected chi connectivity index (χ4v) is 5.47. The van der Waals surface area contributed by atoms with Gasteiger partial charge in [0.1, 0.15) is 0 Å². The first-order valence-electron chi connectivity index (χ1n) is 7.42. The molecular formula is C14H30O4SSi. The highest BCUT2D eigenvalue weighted by atomic mass is 32.1. The molecular weight excluding hydrogens is 292 g/mol. The molecule has 0 aromatic carbocycles. The van der Waals surface area contributed by atoms with Crippen LogP contribution in [-0.4, -0.2) is 32.2 Å². The average molecular weight is 323 g/mol. The predicted octanol–water partition coefficient (Wildman–Crippen LogP) is 3.83. The molecule has 0 aromatic heterocycles. The molecule has 0 aliphatic carbocycles. The van der Waals surface area contributed by atoms with Gasteiger partial charge in [0, 0.05) is 30.8 Å². The summed E-state index contributed by atoms with van der Waals surface area (Å²) in [7, 11) is -2.69. The lowest BCUT2D eigenvalue weighted by Crippen LogP contribution is -2.50. The van der Waals surface area contributed by atoms with E-state index in [1.807, 2.05) is 41.5 Å². The van der Waals surface area contributed by atoms with E-state index in [1.165, 1.54) is 0 Å². The fourth-order valence-electron chi connectivity index (χ4n) is 1.96. The van der Waals surface area contributed by atoms with Gasteiger partial charge in [-0.2, -0.15) is 0 Å². The van der Waals surface area contributed by atoms with Crippen LogP contribution in [0, 0.1) is 0 Å². The number of carbonyl (C=O) groups is 1. The maximum Gasteiger partial charge on any atom is 0.501 e. The fraction of sp³-hybridized carbons (Fsp3) is 0.929. The number of carbonyl (C=O) groups excluding carboxylic acids is 1. The van der Waals surface area contributed by atoms with E-state index in [1.54, 1.807) is 0 Å². The minimum Gasteiger partial charge on any atom is -0.371 e. The molecule has 0 bridgehead atoms. The van der Waals surface area contributed by atoms with Gasteiger partial charge in [0.15, 0.2) is 5.12 Å². The highest BCUT2D eigenvalue weighted by Crippen LogP contribution is 2.24. The zero-order valence-corrected chi connectivity index (χ0v) is 15.5. The van der Waals surface area contributed by atoms with Crippen LogP contribution < -0.4 is 0 Å². The number of rotatable bonds is 11. The molecule has 0 spiro atoms. The van der Waals surface area contributed by atoms with E-state index >= 15 is 0 Å². The van der Waals surface area contributed by atoms with Gasteiger partial charge in [-0.1, -0.05) is 0 Å². The molecule has 0 saturated carbocycles. The zero-order chi connectivity index (χ0) is 15.8.